The Labute approximate surface area is 119 Å². The van der Waals surface area contributed by atoms with Crippen LogP contribution < -0.4 is 0 Å². The van der Waals surface area contributed by atoms with Crippen molar-refractivity contribution in [1.82, 2.24) is 0 Å². The zero-order chi connectivity index (χ0) is 14.7. The fourth-order valence-corrected chi connectivity index (χ4v) is 1.50. The summed E-state index contributed by atoms with van der Waals surface area (Å²) in [4.78, 5) is 0. The van der Waals surface area contributed by atoms with Crippen molar-refractivity contribution in [2.45, 2.75) is 59.8 Å². The van der Waals surface area contributed by atoms with Crippen molar-refractivity contribution in [3.05, 3.63) is 0 Å². The van der Waals surface area contributed by atoms with Gasteiger partial charge in [-0.05, 0) is 34.6 Å². The van der Waals surface area contributed by atoms with Crippen LogP contribution in [0.5, 0.6) is 0 Å². The molecule has 0 aliphatic rings. The van der Waals surface area contributed by atoms with E-state index in [-0.39, 0.29) is 12.6 Å². The summed E-state index contributed by atoms with van der Waals surface area (Å²) in [6.45, 7) is 11.0. The Kier molecular flexibility index (Phi) is 11.8. The second-order valence-electron chi connectivity index (χ2n) is 3.98. The van der Waals surface area contributed by atoms with E-state index in [0.717, 1.165) is 0 Å². The van der Waals surface area contributed by atoms with Gasteiger partial charge in [0.05, 0.1) is 13.2 Å². The molecule has 0 fully saturated rings. The Morgan fingerprint density at radius 1 is 0.789 bits per heavy atom. The maximum atomic E-state index is 5.50. The largest absolute Gasteiger partial charge is 0.404 e. The van der Waals surface area contributed by atoms with Gasteiger partial charge in [0.15, 0.2) is 18.9 Å². The Bertz CT molecular complexity index is 207. The van der Waals surface area contributed by atoms with Gasteiger partial charge in [-0.25, -0.2) is 0 Å². The first-order valence-electron chi connectivity index (χ1n) is 6.68. The molecular weight excluding hydrogens is 268 g/mol. The van der Waals surface area contributed by atoms with E-state index in [0.29, 0.717) is 30.3 Å². The molecule has 0 rings (SSSR count). The topological polar surface area (TPSA) is 55.4 Å². The van der Waals surface area contributed by atoms with Crippen molar-refractivity contribution in [2.24, 2.45) is 0 Å². The first-order valence-corrected chi connectivity index (χ1v) is 7.49. The lowest BCUT2D eigenvalue weighted by atomic mass is 10.6. The molecule has 4 unspecified atom stereocenters. The molecule has 0 heterocycles. The smallest absolute Gasteiger partial charge is 0.161 e. The predicted molar refractivity (Wildman–Crippen MR) is 74.6 cm³/mol. The standard InChI is InChI=1S/C12H28O6Si/c1-6-13-7-8-14-9(2)15-10(3)16-11(4)17-12(5)18-19/h9-12H,6-8H2,1-5,19H3. The molecule has 0 saturated carbocycles. The van der Waals surface area contributed by atoms with E-state index in [2.05, 4.69) is 0 Å². The van der Waals surface area contributed by atoms with Gasteiger partial charge in [0.2, 0.25) is 0 Å². The fourth-order valence-electron chi connectivity index (χ4n) is 1.39. The minimum atomic E-state index is -0.418. The van der Waals surface area contributed by atoms with Gasteiger partial charge in [-0.3, -0.25) is 0 Å². The maximum absolute atomic E-state index is 5.50. The molecular formula is C12H28O6Si. The van der Waals surface area contributed by atoms with Gasteiger partial charge in [-0.2, -0.15) is 0 Å². The molecule has 0 bridgehead atoms. The van der Waals surface area contributed by atoms with Crippen LogP contribution in [0.2, 0.25) is 0 Å². The van der Waals surface area contributed by atoms with Crippen molar-refractivity contribution in [3.8, 4) is 0 Å². The normalized spacial score (nSPS) is 18.2. The van der Waals surface area contributed by atoms with Gasteiger partial charge < -0.3 is 28.1 Å². The van der Waals surface area contributed by atoms with Crippen LogP contribution in [-0.4, -0.2) is 55.5 Å². The van der Waals surface area contributed by atoms with E-state index in [1.165, 1.54) is 0 Å². The third-order valence-electron chi connectivity index (χ3n) is 2.27. The van der Waals surface area contributed by atoms with E-state index in [9.17, 15) is 0 Å². The van der Waals surface area contributed by atoms with Gasteiger partial charge in [-0.1, -0.05) is 0 Å². The second kappa shape index (κ2) is 11.8. The molecule has 0 aliphatic heterocycles. The Balaban J connectivity index is 3.68. The molecule has 0 aromatic carbocycles. The van der Waals surface area contributed by atoms with Crippen molar-refractivity contribution in [3.63, 3.8) is 0 Å². The fraction of sp³-hybridized carbons (Fsp3) is 1.00. The van der Waals surface area contributed by atoms with E-state index < -0.39 is 12.6 Å². The van der Waals surface area contributed by atoms with Crippen LogP contribution in [-0.2, 0) is 28.1 Å². The lowest BCUT2D eigenvalue weighted by Gasteiger charge is -2.24. The molecule has 0 radical (unpaired) electrons. The highest BCUT2D eigenvalue weighted by atomic mass is 28.2. The molecule has 0 aromatic rings. The molecule has 6 nitrogen and oxygen atoms in total. The summed E-state index contributed by atoms with van der Waals surface area (Å²) in [6, 6.07) is 0. The molecule has 7 heteroatoms. The van der Waals surface area contributed by atoms with Crippen molar-refractivity contribution in [2.75, 3.05) is 19.8 Å². The zero-order valence-corrected chi connectivity index (χ0v) is 14.9. The quantitative estimate of drug-likeness (QED) is 0.301. The second-order valence-corrected chi connectivity index (χ2v) is 4.45. The minimum Gasteiger partial charge on any atom is -0.404 e. The van der Waals surface area contributed by atoms with Crippen molar-refractivity contribution >= 4 is 10.5 Å². The highest BCUT2D eigenvalue weighted by Crippen LogP contribution is 2.07. The summed E-state index contributed by atoms with van der Waals surface area (Å²) in [5, 5.41) is 0. The summed E-state index contributed by atoms with van der Waals surface area (Å²) in [5.41, 5.74) is 0. The summed E-state index contributed by atoms with van der Waals surface area (Å²) >= 11 is 0. The molecule has 0 aromatic heterocycles. The molecule has 19 heavy (non-hydrogen) atoms. The van der Waals surface area contributed by atoms with Gasteiger partial charge in [0, 0.05) is 6.61 Å². The monoisotopic (exact) mass is 296 g/mol. The molecule has 116 valence electrons. The number of hydrogen-bond donors (Lipinski definition) is 0. The Morgan fingerprint density at radius 3 is 1.84 bits per heavy atom. The summed E-state index contributed by atoms with van der Waals surface area (Å²) < 4.78 is 32.1. The van der Waals surface area contributed by atoms with Gasteiger partial charge in [-0.15, -0.1) is 0 Å². The average Bonchev–Trinajstić information content (AvgIpc) is 2.33. The van der Waals surface area contributed by atoms with Crippen LogP contribution in [0.1, 0.15) is 34.6 Å². The van der Waals surface area contributed by atoms with Crippen molar-refractivity contribution < 1.29 is 28.1 Å². The van der Waals surface area contributed by atoms with E-state index in [1.807, 2.05) is 20.8 Å². The highest BCUT2D eigenvalue weighted by molar-refractivity contribution is 5.98. The van der Waals surface area contributed by atoms with E-state index in [1.54, 1.807) is 13.8 Å². The lowest BCUT2D eigenvalue weighted by Crippen LogP contribution is -2.29. The number of rotatable bonds is 12. The third kappa shape index (κ3) is 11.5. The van der Waals surface area contributed by atoms with Crippen molar-refractivity contribution in [1.29, 1.82) is 0 Å². The Morgan fingerprint density at radius 2 is 1.32 bits per heavy atom. The summed E-state index contributed by atoms with van der Waals surface area (Å²) in [5.74, 6) is 0. The maximum Gasteiger partial charge on any atom is 0.161 e. The van der Waals surface area contributed by atoms with Crippen LogP contribution >= 0.6 is 0 Å². The zero-order valence-electron chi connectivity index (χ0n) is 12.9. The first kappa shape index (κ1) is 19.0. The average molecular weight is 296 g/mol. The van der Waals surface area contributed by atoms with Crippen LogP contribution in [0, 0.1) is 0 Å². The SMILES string of the molecule is CCOCCOC(C)OC(C)OC(C)OC(C)O[SiH3]. The number of hydrogen-bond acceptors (Lipinski definition) is 6. The van der Waals surface area contributed by atoms with E-state index in [4.69, 9.17) is 28.1 Å². The number of ether oxygens (including phenoxy) is 5. The van der Waals surface area contributed by atoms with Crippen LogP contribution in [0.15, 0.2) is 0 Å². The molecule has 0 N–H and O–H groups in total. The lowest BCUT2D eigenvalue weighted by molar-refractivity contribution is -0.298. The molecule has 0 aliphatic carbocycles. The third-order valence-corrected chi connectivity index (χ3v) is 2.93. The molecule has 0 spiro atoms. The van der Waals surface area contributed by atoms with Crippen LogP contribution in [0.25, 0.3) is 0 Å². The predicted octanol–water partition coefficient (Wildman–Crippen LogP) is 0.770. The van der Waals surface area contributed by atoms with Gasteiger partial charge >= 0.3 is 0 Å². The van der Waals surface area contributed by atoms with Crippen LogP contribution in [0.4, 0.5) is 0 Å². The van der Waals surface area contributed by atoms with E-state index >= 15 is 0 Å². The van der Waals surface area contributed by atoms with Gasteiger partial charge in [0.1, 0.15) is 16.8 Å². The Hall–Kier alpha value is -0.0231. The minimum absolute atomic E-state index is 0.256. The first-order chi connectivity index (χ1) is 8.99. The molecule has 0 amide bonds. The highest BCUT2D eigenvalue weighted by Gasteiger charge is 2.14. The molecule has 0 saturated heterocycles. The van der Waals surface area contributed by atoms with Gasteiger partial charge in [0.25, 0.3) is 0 Å². The van der Waals surface area contributed by atoms with Crippen LogP contribution in [0.3, 0.4) is 0 Å². The summed E-state index contributed by atoms with van der Waals surface area (Å²) in [6.07, 6.45) is -1.42. The summed E-state index contributed by atoms with van der Waals surface area (Å²) in [7, 11) is 0.633. The molecule has 4 atom stereocenters.